The second-order valence-corrected chi connectivity index (χ2v) is 11.6. The van der Waals surface area contributed by atoms with Gasteiger partial charge in [0, 0.05) is 12.3 Å². The van der Waals surface area contributed by atoms with Crippen LogP contribution in [0.5, 0.6) is 0 Å². The van der Waals surface area contributed by atoms with Crippen LogP contribution in [0.25, 0.3) is 10.8 Å². The molecule has 0 fully saturated rings. The van der Waals surface area contributed by atoms with Crippen LogP contribution in [0.1, 0.15) is 71.8 Å². The number of nitrogens with two attached hydrogens (primary N) is 3. The third-order valence-corrected chi connectivity index (χ3v) is 7.66. The average molecular weight is 568 g/mol. The van der Waals surface area contributed by atoms with E-state index in [4.69, 9.17) is 17.2 Å². The van der Waals surface area contributed by atoms with Crippen molar-refractivity contribution in [2.45, 2.75) is 90.8 Å². The number of benzene rings is 2. The molecule has 2 aromatic carbocycles. The number of Topliss-reactive ketones (excluding diaryl/α,β-unsaturated/α-hetero) is 1. The standard InChI is InChI=1S/C32H49N5O4/c1-5-21(4)29(37-32(41)26(34)18-22-13-14-23-10-6-7-11-24(23)17-22)28(38)19-25(12-8-9-15-33)31(40)36-27(30(35)39)16-20(2)3/h6-7,10-11,13-14,17,20-21,25-27,29H,5,8-9,12,15-16,18-19,33-34H2,1-4H3,(H2,35,39)(H,36,40)(H,37,41)/t21-,25+,26-,27-,29-/m0/s1. The first-order valence-corrected chi connectivity index (χ1v) is 14.8. The van der Waals surface area contributed by atoms with Crippen LogP contribution in [-0.4, -0.2) is 48.2 Å². The van der Waals surface area contributed by atoms with E-state index in [2.05, 4.69) is 10.6 Å². The molecule has 0 aromatic heterocycles. The lowest BCUT2D eigenvalue weighted by atomic mass is 9.87. The summed E-state index contributed by atoms with van der Waals surface area (Å²) in [5, 5.41) is 7.81. The van der Waals surface area contributed by atoms with Gasteiger partial charge in [0.25, 0.3) is 0 Å². The van der Waals surface area contributed by atoms with E-state index in [1.54, 1.807) is 0 Å². The van der Waals surface area contributed by atoms with Gasteiger partial charge < -0.3 is 27.8 Å². The Morgan fingerprint density at radius 2 is 1.59 bits per heavy atom. The Kier molecular flexibility index (Phi) is 13.9. The van der Waals surface area contributed by atoms with E-state index in [9.17, 15) is 19.2 Å². The van der Waals surface area contributed by atoms with Crippen molar-refractivity contribution in [1.82, 2.24) is 10.6 Å². The Labute approximate surface area is 244 Å². The molecule has 0 aliphatic heterocycles. The smallest absolute Gasteiger partial charge is 0.240 e. The topological polar surface area (TPSA) is 170 Å². The van der Waals surface area contributed by atoms with Crippen molar-refractivity contribution in [3.05, 3.63) is 48.0 Å². The van der Waals surface area contributed by atoms with E-state index in [1.165, 1.54) is 0 Å². The monoisotopic (exact) mass is 567 g/mol. The zero-order valence-corrected chi connectivity index (χ0v) is 25.0. The number of amides is 3. The van der Waals surface area contributed by atoms with Crippen LogP contribution in [0.2, 0.25) is 0 Å². The van der Waals surface area contributed by atoms with Gasteiger partial charge in [-0.1, -0.05) is 83.0 Å². The molecule has 0 heterocycles. The Bertz CT molecular complexity index is 1170. The summed E-state index contributed by atoms with van der Waals surface area (Å²) in [6, 6.07) is 11.5. The Balaban J connectivity index is 2.14. The maximum atomic E-state index is 13.6. The summed E-state index contributed by atoms with van der Waals surface area (Å²) in [5.74, 6) is -2.32. The number of carbonyl (C=O) groups excluding carboxylic acids is 4. The molecule has 0 saturated carbocycles. The quantitative estimate of drug-likeness (QED) is 0.173. The first-order chi connectivity index (χ1) is 19.5. The van der Waals surface area contributed by atoms with Crippen LogP contribution >= 0.6 is 0 Å². The molecular weight excluding hydrogens is 518 g/mol. The SMILES string of the molecule is CC[C@H](C)[C@H](NC(=O)[C@@H](N)Cc1ccc2ccccc2c1)C(=O)C[C@@H](CCCCN)C(=O)N[C@@H](CC(C)C)C(N)=O. The normalized spacial score (nSPS) is 15.1. The van der Waals surface area contributed by atoms with E-state index >= 15 is 0 Å². The second kappa shape index (κ2) is 16.8. The van der Waals surface area contributed by atoms with Crippen molar-refractivity contribution in [1.29, 1.82) is 0 Å². The van der Waals surface area contributed by atoms with Crippen molar-refractivity contribution in [2.75, 3.05) is 6.54 Å². The van der Waals surface area contributed by atoms with E-state index < -0.39 is 35.9 Å². The molecule has 226 valence electrons. The number of fused-ring (bicyclic) bond motifs is 1. The van der Waals surface area contributed by atoms with Gasteiger partial charge in [0.05, 0.1) is 12.1 Å². The number of carbonyl (C=O) groups is 4. The molecule has 8 N–H and O–H groups in total. The predicted molar refractivity (Wildman–Crippen MR) is 164 cm³/mol. The number of hydrogen-bond acceptors (Lipinski definition) is 6. The van der Waals surface area contributed by atoms with Crippen molar-refractivity contribution >= 4 is 34.3 Å². The molecule has 0 unspecified atom stereocenters. The Hall–Kier alpha value is -3.30. The summed E-state index contributed by atoms with van der Waals surface area (Å²) in [4.78, 5) is 52.0. The number of primary amides is 1. The van der Waals surface area contributed by atoms with E-state index in [-0.39, 0.29) is 29.9 Å². The molecule has 2 rings (SSSR count). The van der Waals surface area contributed by atoms with Crippen molar-refractivity contribution in [3.63, 3.8) is 0 Å². The molecule has 5 atom stereocenters. The lowest BCUT2D eigenvalue weighted by Crippen LogP contribution is -2.52. The second-order valence-electron chi connectivity index (χ2n) is 11.6. The van der Waals surface area contributed by atoms with Gasteiger partial charge in [-0.2, -0.15) is 0 Å². The van der Waals surface area contributed by atoms with E-state index in [0.29, 0.717) is 45.1 Å². The maximum Gasteiger partial charge on any atom is 0.240 e. The summed E-state index contributed by atoms with van der Waals surface area (Å²) in [5.41, 5.74) is 18.4. The molecule has 0 aliphatic carbocycles. The van der Waals surface area contributed by atoms with Crippen LogP contribution in [0.4, 0.5) is 0 Å². The van der Waals surface area contributed by atoms with Crippen LogP contribution in [0.3, 0.4) is 0 Å². The molecular formula is C32H49N5O4. The van der Waals surface area contributed by atoms with Gasteiger partial charge in [-0.25, -0.2) is 0 Å². The van der Waals surface area contributed by atoms with Gasteiger partial charge in [0.15, 0.2) is 5.78 Å². The van der Waals surface area contributed by atoms with Crippen molar-refractivity contribution in [3.8, 4) is 0 Å². The van der Waals surface area contributed by atoms with Crippen molar-refractivity contribution in [2.24, 2.45) is 35.0 Å². The molecule has 9 heteroatoms. The lowest BCUT2D eigenvalue weighted by Gasteiger charge is -2.27. The van der Waals surface area contributed by atoms with E-state index in [0.717, 1.165) is 16.3 Å². The third kappa shape index (κ3) is 10.9. The third-order valence-electron chi connectivity index (χ3n) is 7.66. The van der Waals surface area contributed by atoms with Gasteiger partial charge in [-0.3, -0.25) is 19.2 Å². The van der Waals surface area contributed by atoms with Crippen LogP contribution in [0, 0.1) is 17.8 Å². The lowest BCUT2D eigenvalue weighted by molar-refractivity contribution is -0.134. The first-order valence-electron chi connectivity index (χ1n) is 14.8. The maximum absolute atomic E-state index is 13.6. The fourth-order valence-electron chi connectivity index (χ4n) is 4.99. The Morgan fingerprint density at radius 1 is 0.902 bits per heavy atom. The summed E-state index contributed by atoms with van der Waals surface area (Å²) in [6.07, 6.45) is 3.11. The van der Waals surface area contributed by atoms with E-state index in [1.807, 2.05) is 70.2 Å². The van der Waals surface area contributed by atoms with Gasteiger partial charge >= 0.3 is 0 Å². The molecule has 0 radical (unpaired) electrons. The Morgan fingerprint density at radius 3 is 2.20 bits per heavy atom. The molecule has 3 amide bonds. The average Bonchev–Trinajstić information content (AvgIpc) is 2.93. The van der Waals surface area contributed by atoms with Crippen LogP contribution in [-0.2, 0) is 25.6 Å². The highest BCUT2D eigenvalue weighted by atomic mass is 16.2. The predicted octanol–water partition coefficient (Wildman–Crippen LogP) is 2.96. The minimum absolute atomic E-state index is 0.0707. The highest BCUT2D eigenvalue weighted by Gasteiger charge is 2.32. The minimum atomic E-state index is -0.841. The van der Waals surface area contributed by atoms with Gasteiger partial charge in [-0.05, 0) is 60.4 Å². The van der Waals surface area contributed by atoms with Crippen LogP contribution in [0.15, 0.2) is 42.5 Å². The number of unbranched alkanes of at least 4 members (excludes halogenated alkanes) is 1. The fraction of sp³-hybridized carbons (Fsp3) is 0.562. The highest BCUT2D eigenvalue weighted by molar-refractivity contribution is 5.95. The first kappa shape index (κ1) is 33.9. The van der Waals surface area contributed by atoms with Gasteiger partial charge in [0.2, 0.25) is 17.7 Å². The molecule has 2 aromatic rings. The van der Waals surface area contributed by atoms with Crippen LogP contribution < -0.4 is 27.8 Å². The number of ketones is 1. The minimum Gasteiger partial charge on any atom is -0.368 e. The number of hydrogen-bond donors (Lipinski definition) is 5. The molecule has 9 nitrogen and oxygen atoms in total. The summed E-state index contributed by atoms with van der Waals surface area (Å²) < 4.78 is 0. The number of rotatable bonds is 18. The fourth-order valence-corrected chi connectivity index (χ4v) is 4.99. The molecule has 0 bridgehead atoms. The largest absolute Gasteiger partial charge is 0.368 e. The summed E-state index contributed by atoms with van der Waals surface area (Å²) in [6.45, 7) is 8.19. The highest BCUT2D eigenvalue weighted by Crippen LogP contribution is 2.20. The number of nitrogens with one attached hydrogen (secondary N) is 2. The van der Waals surface area contributed by atoms with Gasteiger partial charge in [-0.15, -0.1) is 0 Å². The van der Waals surface area contributed by atoms with Gasteiger partial charge in [0.1, 0.15) is 6.04 Å². The molecule has 41 heavy (non-hydrogen) atoms. The summed E-state index contributed by atoms with van der Waals surface area (Å²) in [7, 11) is 0. The molecule has 0 spiro atoms. The molecule has 0 saturated heterocycles. The van der Waals surface area contributed by atoms with Crippen molar-refractivity contribution < 1.29 is 19.2 Å². The zero-order chi connectivity index (χ0) is 30.5. The molecule has 0 aliphatic rings. The summed E-state index contributed by atoms with van der Waals surface area (Å²) >= 11 is 0. The zero-order valence-electron chi connectivity index (χ0n) is 25.0.